The minimum Gasteiger partial charge on any atom is -0.465 e. The molecule has 0 bridgehead atoms. The first-order chi connectivity index (χ1) is 10.3. The molecule has 0 fully saturated rings. The standard InChI is InChI=1S/C16H21NO5/c1-4-16(21,8-9-17-11(2)18)14(19)12-6-5-7-13(10-12)15(20)22-3/h5-7,10,21H,4,8-9H2,1-3H3,(H,17,18). The second-order valence-corrected chi connectivity index (χ2v) is 5.02. The van der Waals surface area contributed by atoms with Crippen LogP contribution in [0.15, 0.2) is 24.3 Å². The minimum absolute atomic E-state index is 0.102. The van der Waals surface area contributed by atoms with E-state index >= 15 is 0 Å². The number of benzene rings is 1. The minimum atomic E-state index is -1.59. The molecule has 0 saturated carbocycles. The first-order valence-electron chi connectivity index (χ1n) is 7.04. The van der Waals surface area contributed by atoms with Gasteiger partial charge >= 0.3 is 5.97 Å². The zero-order valence-electron chi connectivity index (χ0n) is 13.0. The van der Waals surface area contributed by atoms with Gasteiger partial charge in [-0.1, -0.05) is 19.1 Å². The van der Waals surface area contributed by atoms with Gasteiger partial charge < -0.3 is 15.2 Å². The van der Waals surface area contributed by atoms with E-state index in [1.807, 2.05) is 0 Å². The molecule has 0 saturated heterocycles. The largest absolute Gasteiger partial charge is 0.465 e. The van der Waals surface area contributed by atoms with Gasteiger partial charge in [-0.25, -0.2) is 4.79 Å². The Hall–Kier alpha value is -2.21. The van der Waals surface area contributed by atoms with E-state index in [1.165, 1.54) is 32.2 Å². The van der Waals surface area contributed by atoms with E-state index in [-0.39, 0.29) is 36.4 Å². The molecular weight excluding hydrogens is 286 g/mol. The first-order valence-corrected chi connectivity index (χ1v) is 7.04. The second-order valence-electron chi connectivity index (χ2n) is 5.02. The number of ether oxygens (including phenoxy) is 1. The second kappa shape index (κ2) is 7.70. The summed E-state index contributed by atoms with van der Waals surface area (Å²) in [6.45, 7) is 3.25. The average molecular weight is 307 g/mol. The number of hydrogen-bond donors (Lipinski definition) is 2. The molecule has 1 atom stereocenters. The van der Waals surface area contributed by atoms with E-state index in [1.54, 1.807) is 13.0 Å². The zero-order valence-corrected chi connectivity index (χ0v) is 13.0. The number of carbonyl (C=O) groups excluding carboxylic acids is 3. The molecule has 0 aliphatic rings. The molecule has 1 aromatic carbocycles. The molecular formula is C16H21NO5. The number of rotatable bonds is 7. The van der Waals surface area contributed by atoms with Crippen molar-refractivity contribution in [2.75, 3.05) is 13.7 Å². The van der Waals surface area contributed by atoms with Crippen LogP contribution >= 0.6 is 0 Å². The summed E-state index contributed by atoms with van der Waals surface area (Å²) >= 11 is 0. The van der Waals surface area contributed by atoms with Crippen molar-refractivity contribution in [3.05, 3.63) is 35.4 Å². The summed E-state index contributed by atoms with van der Waals surface area (Å²) in [6, 6.07) is 6.02. The fraction of sp³-hybridized carbons (Fsp3) is 0.438. The van der Waals surface area contributed by atoms with E-state index in [0.29, 0.717) is 0 Å². The van der Waals surface area contributed by atoms with Crippen LogP contribution in [0, 0.1) is 0 Å². The highest BCUT2D eigenvalue weighted by molar-refractivity contribution is 6.04. The SMILES string of the molecule is CCC(O)(CCNC(C)=O)C(=O)c1cccc(C(=O)OC)c1. The molecule has 6 heteroatoms. The third-order valence-electron chi connectivity index (χ3n) is 3.47. The number of aliphatic hydroxyl groups is 1. The summed E-state index contributed by atoms with van der Waals surface area (Å²) < 4.78 is 4.61. The van der Waals surface area contributed by atoms with Crippen molar-refractivity contribution in [1.82, 2.24) is 5.32 Å². The highest BCUT2D eigenvalue weighted by Crippen LogP contribution is 2.22. The first kappa shape index (κ1) is 17.8. The van der Waals surface area contributed by atoms with Crippen molar-refractivity contribution in [3.8, 4) is 0 Å². The lowest BCUT2D eigenvalue weighted by atomic mass is 9.87. The van der Waals surface area contributed by atoms with Gasteiger partial charge in [0.05, 0.1) is 12.7 Å². The Morgan fingerprint density at radius 1 is 1.27 bits per heavy atom. The number of ketones is 1. The van der Waals surface area contributed by atoms with Crippen LogP contribution in [0.5, 0.6) is 0 Å². The maximum atomic E-state index is 12.5. The van der Waals surface area contributed by atoms with Crippen molar-refractivity contribution in [3.63, 3.8) is 0 Å². The highest BCUT2D eigenvalue weighted by Gasteiger charge is 2.34. The molecule has 2 N–H and O–H groups in total. The van der Waals surface area contributed by atoms with E-state index in [9.17, 15) is 19.5 Å². The molecule has 22 heavy (non-hydrogen) atoms. The maximum absolute atomic E-state index is 12.5. The number of methoxy groups -OCH3 is 1. The predicted octanol–water partition coefficient (Wildman–Crippen LogP) is 1.32. The molecule has 0 spiro atoms. The summed E-state index contributed by atoms with van der Waals surface area (Å²) in [5.74, 6) is -1.25. The Labute approximate surface area is 129 Å². The lowest BCUT2D eigenvalue weighted by Crippen LogP contribution is -2.41. The van der Waals surface area contributed by atoms with Crippen LogP contribution in [0.1, 0.15) is 47.4 Å². The third kappa shape index (κ3) is 4.39. The van der Waals surface area contributed by atoms with Gasteiger partial charge in [0.25, 0.3) is 0 Å². The molecule has 1 amide bonds. The van der Waals surface area contributed by atoms with Crippen LogP contribution in [0.2, 0.25) is 0 Å². The molecule has 120 valence electrons. The van der Waals surface area contributed by atoms with Crippen molar-refractivity contribution in [2.45, 2.75) is 32.3 Å². The number of Topliss-reactive ketones (excluding diaryl/α,β-unsaturated/α-hetero) is 1. The van der Waals surface area contributed by atoms with Crippen LogP contribution in [0.25, 0.3) is 0 Å². The van der Waals surface area contributed by atoms with Crippen molar-refractivity contribution < 1.29 is 24.2 Å². The van der Waals surface area contributed by atoms with E-state index in [0.717, 1.165) is 0 Å². The molecule has 0 aliphatic carbocycles. The van der Waals surface area contributed by atoms with Gasteiger partial charge in [0.1, 0.15) is 5.60 Å². The molecule has 0 heterocycles. The Balaban J connectivity index is 2.95. The van der Waals surface area contributed by atoms with Gasteiger partial charge in [0.2, 0.25) is 5.91 Å². The fourth-order valence-corrected chi connectivity index (χ4v) is 2.07. The van der Waals surface area contributed by atoms with Crippen LogP contribution < -0.4 is 5.32 Å². The van der Waals surface area contributed by atoms with Crippen molar-refractivity contribution >= 4 is 17.7 Å². The van der Waals surface area contributed by atoms with Crippen molar-refractivity contribution in [2.24, 2.45) is 0 Å². The molecule has 0 aliphatic heterocycles. The Kier molecular flexibility index (Phi) is 6.24. The summed E-state index contributed by atoms with van der Waals surface area (Å²) in [5.41, 5.74) is -1.11. The number of carbonyl (C=O) groups is 3. The van der Waals surface area contributed by atoms with Crippen LogP contribution in [-0.2, 0) is 9.53 Å². The van der Waals surface area contributed by atoms with Gasteiger partial charge in [-0.05, 0) is 18.6 Å². The smallest absolute Gasteiger partial charge is 0.337 e. The molecule has 1 rings (SSSR count). The topological polar surface area (TPSA) is 92.7 Å². The Bertz CT molecular complexity index is 569. The number of amides is 1. The highest BCUT2D eigenvalue weighted by atomic mass is 16.5. The van der Waals surface area contributed by atoms with E-state index in [2.05, 4.69) is 10.1 Å². The summed E-state index contributed by atoms with van der Waals surface area (Å²) in [4.78, 5) is 34.9. The lowest BCUT2D eigenvalue weighted by molar-refractivity contribution is -0.119. The van der Waals surface area contributed by atoms with Crippen molar-refractivity contribution in [1.29, 1.82) is 0 Å². The molecule has 1 unspecified atom stereocenters. The number of esters is 1. The molecule has 6 nitrogen and oxygen atoms in total. The number of nitrogens with one attached hydrogen (secondary N) is 1. The monoisotopic (exact) mass is 307 g/mol. The molecule has 1 aromatic rings. The van der Waals surface area contributed by atoms with E-state index in [4.69, 9.17) is 0 Å². The van der Waals surface area contributed by atoms with Crippen LogP contribution in [0.3, 0.4) is 0 Å². The quantitative estimate of drug-likeness (QED) is 0.585. The summed E-state index contributed by atoms with van der Waals surface area (Å²) in [7, 11) is 1.26. The Morgan fingerprint density at radius 3 is 2.45 bits per heavy atom. The molecule has 0 radical (unpaired) electrons. The van der Waals surface area contributed by atoms with Crippen LogP contribution in [-0.4, -0.2) is 42.0 Å². The van der Waals surface area contributed by atoms with Crippen LogP contribution in [0.4, 0.5) is 0 Å². The number of hydrogen-bond acceptors (Lipinski definition) is 5. The predicted molar refractivity (Wildman–Crippen MR) is 80.7 cm³/mol. The zero-order chi connectivity index (χ0) is 16.8. The molecule has 0 aromatic heterocycles. The average Bonchev–Trinajstić information content (AvgIpc) is 2.52. The van der Waals surface area contributed by atoms with Gasteiger partial charge in [-0.15, -0.1) is 0 Å². The summed E-state index contributed by atoms with van der Waals surface area (Å²) in [6.07, 6.45) is 0.304. The lowest BCUT2D eigenvalue weighted by Gasteiger charge is -2.25. The normalized spacial score (nSPS) is 13.1. The van der Waals surface area contributed by atoms with Gasteiger partial charge in [-0.2, -0.15) is 0 Å². The van der Waals surface area contributed by atoms with Gasteiger partial charge in [0, 0.05) is 25.5 Å². The third-order valence-corrected chi connectivity index (χ3v) is 3.47. The van der Waals surface area contributed by atoms with Gasteiger partial charge in [0.15, 0.2) is 5.78 Å². The Morgan fingerprint density at radius 2 is 1.91 bits per heavy atom. The maximum Gasteiger partial charge on any atom is 0.337 e. The van der Waals surface area contributed by atoms with Gasteiger partial charge in [-0.3, -0.25) is 9.59 Å². The fourth-order valence-electron chi connectivity index (χ4n) is 2.07. The van der Waals surface area contributed by atoms with E-state index < -0.39 is 17.4 Å². The summed E-state index contributed by atoms with van der Waals surface area (Å²) in [5, 5.41) is 13.1.